The number of hydroxylamine groups is 1. The van der Waals surface area contributed by atoms with Crippen LogP contribution in [0.25, 0.3) is 0 Å². The molecule has 0 saturated carbocycles. The van der Waals surface area contributed by atoms with Crippen molar-refractivity contribution in [3.63, 3.8) is 0 Å². The first-order valence-electron chi connectivity index (χ1n) is 6.94. The average Bonchev–Trinajstić information content (AvgIpc) is 2.53. The second kappa shape index (κ2) is 5.88. The predicted octanol–water partition coefficient (Wildman–Crippen LogP) is 3.43. The smallest absolute Gasteiger partial charge is 0.356 e. The average molecular weight is 267 g/mol. The highest BCUT2D eigenvalue weighted by atomic mass is 16.7. The van der Waals surface area contributed by atoms with Gasteiger partial charge in [0, 0.05) is 0 Å². The molecular formula is C17H17NO2. The quantitative estimate of drug-likeness (QED) is 0.866. The van der Waals surface area contributed by atoms with E-state index in [9.17, 15) is 4.79 Å². The van der Waals surface area contributed by atoms with Gasteiger partial charge in [-0.15, -0.1) is 5.48 Å². The van der Waals surface area contributed by atoms with Crippen LogP contribution in [0.3, 0.4) is 0 Å². The Balaban J connectivity index is 1.67. The molecule has 0 spiro atoms. The normalized spacial score (nSPS) is 17.3. The van der Waals surface area contributed by atoms with E-state index < -0.39 is 0 Å². The highest BCUT2D eigenvalue weighted by Gasteiger charge is 2.21. The van der Waals surface area contributed by atoms with Crippen molar-refractivity contribution >= 4 is 5.97 Å². The van der Waals surface area contributed by atoms with E-state index in [0.717, 1.165) is 19.3 Å². The lowest BCUT2D eigenvalue weighted by Crippen LogP contribution is -2.28. The zero-order valence-corrected chi connectivity index (χ0v) is 11.2. The third-order valence-corrected chi connectivity index (χ3v) is 3.67. The zero-order valence-electron chi connectivity index (χ0n) is 11.2. The Morgan fingerprint density at radius 1 is 1.05 bits per heavy atom. The molecule has 3 heteroatoms. The Bertz CT molecular complexity index is 595. The molecule has 0 heterocycles. The minimum Gasteiger partial charge on any atom is -0.366 e. The van der Waals surface area contributed by atoms with Gasteiger partial charge in [0.2, 0.25) is 0 Å². The topological polar surface area (TPSA) is 38.3 Å². The molecule has 0 aromatic heterocycles. The van der Waals surface area contributed by atoms with E-state index in [1.165, 1.54) is 11.1 Å². The molecule has 0 aliphatic heterocycles. The maximum absolute atomic E-state index is 11.9. The molecule has 0 fully saturated rings. The lowest BCUT2D eigenvalue weighted by Gasteiger charge is -2.25. The summed E-state index contributed by atoms with van der Waals surface area (Å²) in [5.41, 5.74) is 6.06. The summed E-state index contributed by atoms with van der Waals surface area (Å²) in [6.45, 7) is 0. The van der Waals surface area contributed by atoms with Crippen molar-refractivity contribution in [1.29, 1.82) is 0 Å². The van der Waals surface area contributed by atoms with Crippen LogP contribution in [0.1, 0.15) is 40.4 Å². The first kappa shape index (κ1) is 12.9. The van der Waals surface area contributed by atoms with E-state index in [-0.39, 0.29) is 12.0 Å². The van der Waals surface area contributed by atoms with Gasteiger partial charge in [-0.25, -0.2) is 4.79 Å². The highest BCUT2D eigenvalue weighted by Crippen LogP contribution is 2.29. The van der Waals surface area contributed by atoms with Crippen molar-refractivity contribution in [2.75, 3.05) is 0 Å². The molecule has 0 amide bonds. The number of aryl methyl sites for hydroxylation is 1. The van der Waals surface area contributed by atoms with Gasteiger partial charge in [-0.05, 0) is 42.5 Å². The van der Waals surface area contributed by atoms with Gasteiger partial charge in [0.15, 0.2) is 0 Å². The number of hydrogen-bond donors (Lipinski definition) is 1. The Hall–Kier alpha value is -2.13. The van der Waals surface area contributed by atoms with Gasteiger partial charge in [-0.1, -0.05) is 42.5 Å². The van der Waals surface area contributed by atoms with Crippen LogP contribution in [0.15, 0.2) is 54.6 Å². The SMILES string of the molecule is O=C(ON[C@@H]1CCCc2ccccc21)c1ccccc1. The third-order valence-electron chi connectivity index (χ3n) is 3.67. The van der Waals surface area contributed by atoms with E-state index in [0.29, 0.717) is 5.56 Å². The van der Waals surface area contributed by atoms with Gasteiger partial charge in [0.1, 0.15) is 0 Å². The van der Waals surface area contributed by atoms with E-state index >= 15 is 0 Å². The summed E-state index contributed by atoms with van der Waals surface area (Å²) < 4.78 is 0. The molecular weight excluding hydrogens is 250 g/mol. The molecule has 2 aromatic rings. The van der Waals surface area contributed by atoms with Gasteiger partial charge in [0.05, 0.1) is 11.6 Å². The number of nitrogens with one attached hydrogen (secondary N) is 1. The fraction of sp³-hybridized carbons (Fsp3) is 0.235. The molecule has 20 heavy (non-hydrogen) atoms. The standard InChI is InChI=1S/C17H17NO2/c19-17(14-8-2-1-3-9-14)20-18-16-12-6-10-13-7-4-5-11-15(13)16/h1-5,7-9,11,16,18H,6,10,12H2/t16-/m1/s1. The van der Waals surface area contributed by atoms with Crippen molar-refractivity contribution in [3.8, 4) is 0 Å². The predicted molar refractivity (Wildman–Crippen MR) is 77.1 cm³/mol. The zero-order chi connectivity index (χ0) is 13.8. The van der Waals surface area contributed by atoms with Crippen LogP contribution in [0.4, 0.5) is 0 Å². The van der Waals surface area contributed by atoms with Crippen molar-refractivity contribution in [1.82, 2.24) is 5.48 Å². The molecule has 102 valence electrons. The molecule has 3 nitrogen and oxygen atoms in total. The van der Waals surface area contributed by atoms with E-state index in [4.69, 9.17) is 4.84 Å². The van der Waals surface area contributed by atoms with Gasteiger partial charge in [-0.3, -0.25) is 0 Å². The number of fused-ring (bicyclic) bond motifs is 1. The fourth-order valence-corrected chi connectivity index (χ4v) is 2.63. The number of carbonyl (C=O) groups is 1. The first-order chi connectivity index (χ1) is 9.84. The van der Waals surface area contributed by atoms with Crippen molar-refractivity contribution in [3.05, 3.63) is 71.3 Å². The number of benzene rings is 2. The second-order valence-corrected chi connectivity index (χ2v) is 5.02. The monoisotopic (exact) mass is 267 g/mol. The molecule has 0 saturated heterocycles. The molecule has 3 rings (SSSR count). The van der Waals surface area contributed by atoms with Crippen LogP contribution >= 0.6 is 0 Å². The Morgan fingerprint density at radius 2 is 1.80 bits per heavy atom. The van der Waals surface area contributed by atoms with Crippen LogP contribution < -0.4 is 5.48 Å². The molecule has 2 aromatic carbocycles. The van der Waals surface area contributed by atoms with Gasteiger partial charge >= 0.3 is 5.97 Å². The first-order valence-corrected chi connectivity index (χ1v) is 6.94. The fourth-order valence-electron chi connectivity index (χ4n) is 2.63. The third kappa shape index (κ3) is 2.73. The maximum atomic E-state index is 11.9. The molecule has 1 N–H and O–H groups in total. The van der Waals surface area contributed by atoms with E-state index in [1.807, 2.05) is 24.3 Å². The molecule has 0 radical (unpaired) electrons. The minimum atomic E-state index is -0.339. The Labute approximate surface area is 118 Å². The summed E-state index contributed by atoms with van der Waals surface area (Å²) in [6.07, 6.45) is 3.19. The number of rotatable bonds is 3. The van der Waals surface area contributed by atoms with E-state index in [2.05, 4.69) is 23.7 Å². The summed E-state index contributed by atoms with van der Waals surface area (Å²) in [4.78, 5) is 17.2. The second-order valence-electron chi connectivity index (χ2n) is 5.02. The maximum Gasteiger partial charge on any atom is 0.356 e. The minimum absolute atomic E-state index is 0.0904. The van der Waals surface area contributed by atoms with Crippen LogP contribution in [0, 0.1) is 0 Å². The van der Waals surface area contributed by atoms with Gasteiger partial charge in [0.25, 0.3) is 0 Å². The van der Waals surface area contributed by atoms with Crippen molar-refractivity contribution in [2.24, 2.45) is 0 Å². The summed E-state index contributed by atoms with van der Waals surface area (Å²) >= 11 is 0. The van der Waals surface area contributed by atoms with Gasteiger partial charge in [-0.2, -0.15) is 0 Å². The number of carbonyl (C=O) groups excluding carboxylic acids is 1. The largest absolute Gasteiger partial charge is 0.366 e. The molecule has 1 atom stereocenters. The van der Waals surface area contributed by atoms with Crippen LogP contribution in [-0.4, -0.2) is 5.97 Å². The van der Waals surface area contributed by atoms with Crippen LogP contribution in [-0.2, 0) is 11.3 Å². The lowest BCUT2D eigenvalue weighted by atomic mass is 9.88. The Morgan fingerprint density at radius 3 is 2.65 bits per heavy atom. The molecule has 0 unspecified atom stereocenters. The molecule has 1 aliphatic rings. The van der Waals surface area contributed by atoms with Crippen LogP contribution in [0.5, 0.6) is 0 Å². The summed E-state index contributed by atoms with van der Waals surface area (Å²) in [5.74, 6) is -0.339. The summed E-state index contributed by atoms with van der Waals surface area (Å²) in [5, 5.41) is 0. The van der Waals surface area contributed by atoms with Gasteiger partial charge < -0.3 is 4.84 Å². The summed E-state index contributed by atoms with van der Waals surface area (Å²) in [7, 11) is 0. The van der Waals surface area contributed by atoms with E-state index in [1.54, 1.807) is 12.1 Å². The van der Waals surface area contributed by atoms with Crippen molar-refractivity contribution in [2.45, 2.75) is 25.3 Å². The highest BCUT2D eigenvalue weighted by molar-refractivity contribution is 5.89. The Kier molecular flexibility index (Phi) is 3.79. The van der Waals surface area contributed by atoms with Crippen molar-refractivity contribution < 1.29 is 9.63 Å². The number of hydrogen-bond acceptors (Lipinski definition) is 3. The molecule has 0 bridgehead atoms. The molecule has 1 aliphatic carbocycles. The summed E-state index contributed by atoms with van der Waals surface area (Å²) in [6, 6.07) is 17.4. The van der Waals surface area contributed by atoms with Crippen LogP contribution in [0.2, 0.25) is 0 Å². The lowest BCUT2D eigenvalue weighted by molar-refractivity contribution is 0.0133.